The van der Waals surface area contributed by atoms with Crippen LogP contribution >= 0.6 is 0 Å². The maximum Gasteiger partial charge on any atom is 0.290 e. The maximum absolute atomic E-state index is 14.2. The third-order valence-electron chi connectivity index (χ3n) is 4.97. The number of aromatic nitrogens is 2. The first-order chi connectivity index (χ1) is 14.4. The van der Waals surface area contributed by atoms with Gasteiger partial charge in [0.1, 0.15) is 16.2 Å². The predicted molar refractivity (Wildman–Crippen MR) is 112 cm³/mol. The molecule has 1 aromatic carbocycles. The summed E-state index contributed by atoms with van der Waals surface area (Å²) in [6.45, 7) is 4.21. The van der Waals surface area contributed by atoms with Crippen LogP contribution in [0.25, 0.3) is 11.0 Å². The molecule has 0 bridgehead atoms. The van der Waals surface area contributed by atoms with Crippen LogP contribution in [0.1, 0.15) is 13.3 Å². The van der Waals surface area contributed by atoms with E-state index in [0.29, 0.717) is 17.1 Å². The maximum atomic E-state index is 14.2. The minimum atomic E-state index is -4.07. The Kier molecular flexibility index (Phi) is 6.68. The molecule has 160 valence electrons. The molecule has 2 aromatic heterocycles. The molecule has 10 heteroatoms. The van der Waals surface area contributed by atoms with Gasteiger partial charge in [-0.05, 0) is 30.7 Å². The highest BCUT2D eigenvalue weighted by Gasteiger charge is 2.27. The molecule has 0 radical (unpaired) electrons. The number of nitrogens with one attached hydrogen (secondary N) is 1. The van der Waals surface area contributed by atoms with Crippen LogP contribution in [0.2, 0.25) is 0 Å². The van der Waals surface area contributed by atoms with Gasteiger partial charge < -0.3 is 15.3 Å². The van der Waals surface area contributed by atoms with Crippen molar-refractivity contribution in [2.45, 2.75) is 24.3 Å². The molecule has 1 atom stereocenters. The van der Waals surface area contributed by atoms with Crippen LogP contribution in [0.5, 0.6) is 0 Å². The Labute approximate surface area is 174 Å². The van der Waals surface area contributed by atoms with Crippen LogP contribution in [0, 0.1) is 5.82 Å². The Morgan fingerprint density at radius 2 is 2.03 bits per heavy atom. The van der Waals surface area contributed by atoms with Crippen molar-refractivity contribution in [3.63, 3.8) is 0 Å². The molecule has 0 saturated carbocycles. The summed E-state index contributed by atoms with van der Waals surface area (Å²) in [4.78, 5) is 14.6. The number of pyridine rings is 1. The zero-order valence-electron chi connectivity index (χ0n) is 16.4. The van der Waals surface area contributed by atoms with E-state index in [-0.39, 0.29) is 11.4 Å². The van der Waals surface area contributed by atoms with Crippen molar-refractivity contribution in [1.82, 2.24) is 14.3 Å². The zero-order chi connectivity index (χ0) is 21.7. The Bertz CT molecular complexity index is 1130. The van der Waals surface area contributed by atoms with Crippen molar-refractivity contribution in [2.24, 2.45) is 0 Å². The normalized spacial score (nSPS) is 16.7. The van der Waals surface area contributed by atoms with E-state index in [4.69, 9.17) is 9.90 Å². The SMILES string of the molecule is CC[C@H]1CN(c2cn(S(=O)(=O)c3ccccc3F)c3cccnc23)CCN1.O=CO. The number of hydrogen-bond donors (Lipinski definition) is 2. The second kappa shape index (κ2) is 9.23. The molecular formula is C20H23FN4O4S. The number of piperazine rings is 1. The molecule has 4 rings (SSSR count). The van der Waals surface area contributed by atoms with Crippen LogP contribution in [-0.2, 0) is 14.8 Å². The van der Waals surface area contributed by atoms with E-state index in [1.807, 2.05) is 0 Å². The number of anilines is 1. The van der Waals surface area contributed by atoms with Crippen molar-refractivity contribution >= 4 is 33.2 Å². The molecule has 0 aliphatic carbocycles. The first-order valence-electron chi connectivity index (χ1n) is 9.46. The second-order valence-corrected chi connectivity index (χ2v) is 8.51. The van der Waals surface area contributed by atoms with Gasteiger partial charge in [0.15, 0.2) is 0 Å². The second-order valence-electron chi connectivity index (χ2n) is 6.73. The smallest absolute Gasteiger partial charge is 0.290 e. The molecule has 1 saturated heterocycles. The van der Waals surface area contributed by atoms with Crippen molar-refractivity contribution in [3.8, 4) is 0 Å². The highest BCUT2D eigenvalue weighted by atomic mass is 32.2. The van der Waals surface area contributed by atoms with Gasteiger partial charge in [0.2, 0.25) is 0 Å². The average Bonchev–Trinajstić information content (AvgIpc) is 3.15. The molecule has 30 heavy (non-hydrogen) atoms. The van der Waals surface area contributed by atoms with E-state index in [2.05, 4.69) is 22.1 Å². The summed E-state index contributed by atoms with van der Waals surface area (Å²) in [5.41, 5.74) is 1.81. The molecule has 0 amide bonds. The number of carbonyl (C=O) groups is 1. The Balaban J connectivity index is 0.000000806. The lowest BCUT2D eigenvalue weighted by atomic mass is 10.1. The van der Waals surface area contributed by atoms with Crippen LogP contribution in [-0.4, -0.2) is 54.6 Å². The molecular weight excluding hydrogens is 411 g/mol. The fraction of sp³-hybridized carbons (Fsp3) is 0.300. The van der Waals surface area contributed by atoms with Gasteiger partial charge in [-0.1, -0.05) is 19.1 Å². The van der Waals surface area contributed by atoms with Crippen molar-refractivity contribution in [2.75, 3.05) is 24.5 Å². The van der Waals surface area contributed by atoms with Crippen LogP contribution in [0.15, 0.2) is 53.7 Å². The highest BCUT2D eigenvalue weighted by molar-refractivity contribution is 7.90. The van der Waals surface area contributed by atoms with E-state index in [1.54, 1.807) is 24.5 Å². The minimum absolute atomic E-state index is 0.250. The molecule has 8 nitrogen and oxygen atoms in total. The van der Waals surface area contributed by atoms with Gasteiger partial charge in [-0.15, -0.1) is 0 Å². The van der Waals surface area contributed by atoms with Crippen molar-refractivity contribution in [1.29, 1.82) is 0 Å². The van der Waals surface area contributed by atoms with Crippen LogP contribution < -0.4 is 10.2 Å². The lowest BCUT2D eigenvalue weighted by molar-refractivity contribution is -0.122. The van der Waals surface area contributed by atoms with E-state index >= 15 is 0 Å². The lowest BCUT2D eigenvalue weighted by Crippen LogP contribution is -2.50. The van der Waals surface area contributed by atoms with Gasteiger partial charge in [0.25, 0.3) is 16.5 Å². The summed E-state index contributed by atoms with van der Waals surface area (Å²) in [5, 5.41) is 10.3. The molecule has 1 aliphatic heterocycles. The minimum Gasteiger partial charge on any atom is -0.483 e. The van der Waals surface area contributed by atoms with Gasteiger partial charge in [0.05, 0.1) is 11.2 Å². The quantitative estimate of drug-likeness (QED) is 0.607. The van der Waals surface area contributed by atoms with E-state index in [0.717, 1.165) is 41.8 Å². The van der Waals surface area contributed by atoms with E-state index < -0.39 is 15.8 Å². The number of carboxylic acid groups (broad SMARTS) is 1. The van der Waals surface area contributed by atoms with Crippen LogP contribution in [0.4, 0.5) is 10.1 Å². The van der Waals surface area contributed by atoms with Crippen molar-refractivity contribution < 1.29 is 22.7 Å². The number of benzene rings is 1. The summed E-state index contributed by atoms with van der Waals surface area (Å²) in [6.07, 6.45) is 4.19. The highest BCUT2D eigenvalue weighted by Crippen LogP contribution is 2.31. The average molecular weight is 434 g/mol. The van der Waals surface area contributed by atoms with Crippen molar-refractivity contribution in [3.05, 3.63) is 54.6 Å². The predicted octanol–water partition coefficient (Wildman–Crippen LogP) is 2.30. The van der Waals surface area contributed by atoms with Gasteiger partial charge in [-0.3, -0.25) is 9.78 Å². The largest absolute Gasteiger partial charge is 0.483 e. The number of fused-ring (bicyclic) bond motifs is 1. The van der Waals surface area contributed by atoms with E-state index in [9.17, 15) is 12.8 Å². The summed E-state index contributed by atoms with van der Waals surface area (Å²) >= 11 is 0. The third kappa shape index (κ3) is 4.14. The molecule has 2 N–H and O–H groups in total. The standard InChI is InChI=1S/C19H21FN4O2S.CH2O2/c1-2-14-12-23(11-10-21-14)17-13-24(16-7-5-9-22-19(16)17)27(25,26)18-8-4-3-6-15(18)20;2-1-3/h3-9,13-14,21H,2,10-12H2,1H3;1H,(H,2,3)/t14-;/m0./s1. The number of nitrogens with zero attached hydrogens (tertiary/aromatic N) is 3. The van der Waals surface area contributed by atoms with Crippen LogP contribution in [0.3, 0.4) is 0 Å². The Hall–Kier alpha value is -2.98. The molecule has 0 unspecified atom stereocenters. The molecule has 1 fully saturated rings. The van der Waals surface area contributed by atoms with E-state index in [1.165, 1.54) is 18.2 Å². The summed E-state index contributed by atoms with van der Waals surface area (Å²) in [5.74, 6) is -0.766. The van der Waals surface area contributed by atoms with Gasteiger partial charge in [0, 0.05) is 38.1 Å². The van der Waals surface area contributed by atoms with Gasteiger partial charge >= 0.3 is 0 Å². The number of hydrogen-bond acceptors (Lipinski definition) is 6. The summed E-state index contributed by atoms with van der Waals surface area (Å²) in [7, 11) is -4.07. The first-order valence-corrected chi connectivity index (χ1v) is 10.9. The fourth-order valence-electron chi connectivity index (χ4n) is 3.52. The first kappa shape index (κ1) is 21.7. The fourth-order valence-corrected chi connectivity index (χ4v) is 4.94. The molecule has 0 spiro atoms. The summed E-state index contributed by atoms with van der Waals surface area (Å²) < 4.78 is 41.6. The summed E-state index contributed by atoms with van der Waals surface area (Å²) in [6, 6.07) is 9.15. The molecule has 3 aromatic rings. The Morgan fingerprint density at radius 3 is 2.73 bits per heavy atom. The zero-order valence-corrected chi connectivity index (χ0v) is 17.2. The Morgan fingerprint density at radius 1 is 1.30 bits per heavy atom. The number of halogens is 1. The monoisotopic (exact) mass is 434 g/mol. The van der Waals surface area contributed by atoms with Gasteiger partial charge in [-0.25, -0.2) is 16.8 Å². The molecule has 1 aliphatic rings. The van der Waals surface area contributed by atoms with Gasteiger partial charge in [-0.2, -0.15) is 0 Å². The molecule has 3 heterocycles. The third-order valence-corrected chi connectivity index (χ3v) is 6.68. The lowest BCUT2D eigenvalue weighted by Gasteiger charge is -2.34. The topological polar surface area (TPSA) is 105 Å². The number of rotatable bonds is 4.